The third kappa shape index (κ3) is 3.11. The molecule has 0 saturated carbocycles. The largest absolute Gasteiger partial charge is 0.342 e. The second-order valence-corrected chi connectivity index (χ2v) is 6.88. The number of anilines is 1. The van der Waals surface area contributed by atoms with E-state index in [-0.39, 0.29) is 5.56 Å². The third-order valence-corrected chi connectivity index (χ3v) is 4.69. The molecule has 0 aliphatic carbocycles. The van der Waals surface area contributed by atoms with E-state index in [1.807, 2.05) is 19.1 Å². The van der Waals surface area contributed by atoms with Crippen LogP contribution in [0.4, 0.5) is 5.95 Å². The number of fused-ring (bicyclic) bond motifs is 1. The Hall–Kier alpha value is -2.63. The number of aromatic amines is 1. The summed E-state index contributed by atoms with van der Waals surface area (Å²) in [6.45, 7) is 10.1. The highest BCUT2D eigenvalue weighted by atomic mass is 16.1. The molecular weight excluding hydrogens is 326 g/mol. The second-order valence-electron chi connectivity index (χ2n) is 6.88. The van der Waals surface area contributed by atoms with Crippen LogP contribution in [0.1, 0.15) is 37.8 Å². The summed E-state index contributed by atoms with van der Waals surface area (Å²) in [6, 6.07) is 6.19. The molecule has 0 spiro atoms. The molecule has 1 N–H and O–H groups in total. The van der Waals surface area contributed by atoms with Gasteiger partial charge in [-0.05, 0) is 32.3 Å². The Kier molecular flexibility index (Phi) is 5.11. The van der Waals surface area contributed by atoms with E-state index in [4.69, 9.17) is 4.98 Å². The molecule has 0 radical (unpaired) electrons. The zero-order valence-electron chi connectivity index (χ0n) is 16.3. The van der Waals surface area contributed by atoms with Crippen molar-refractivity contribution in [2.24, 2.45) is 7.05 Å². The molecule has 3 rings (SSSR count). The maximum absolute atomic E-state index is 13.1. The molecule has 0 atom stereocenters. The van der Waals surface area contributed by atoms with E-state index >= 15 is 0 Å². The van der Waals surface area contributed by atoms with E-state index in [0.717, 1.165) is 42.8 Å². The summed E-state index contributed by atoms with van der Waals surface area (Å²) in [6.07, 6.45) is 2.00. The van der Waals surface area contributed by atoms with Crippen molar-refractivity contribution in [3.05, 3.63) is 39.7 Å². The van der Waals surface area contributed by atoms with Gasteiger partial charge in [0.15, 0.2) is 5.65 Å². The van der Waals surface area contributed by atoms with E-state index < -0.39 is 0 Å². The summed E-state index contributed by atoms with van der Waals surface area (Å²) in [5, 5.41) is 7.94. The van der Waals surface area contributed by atoms with Crippen LogP contribution in [0, 0.1) is 13.8 Å². The van der Waals surface area contributed by atoms with Gasteiger partial charge in [0.2, 0.25) is 5.95 Å². The summed E-state index contributed by atoms with van der Waals surface area (Å²) in [5.41, 5.74) is 4.46. The number of nitrogens with zero attached hydrogens (tertiary/aromatic N) is 4. The van der Waals surface area contributed by atoms with Gasteiger partial charge in [0.25, 0.3) is 5.56 Å². The van der Waals surface area contributed by atoms with Crippen molar-refractivity contribution in [1.29, 1.82) is 0 Å². The number of nitrogens with one attached hydrogen (secondary N) is 1. The first-order valence-corrected chi connectivity index (χ1v) is 9.25. The fourth-order valence-electron chi connectivity index (χ4n) is 3.47. The molecule has 1 aromatic carbocycles. The number of hydrogen-bond donors (Lipinski definition) is 1. The Balaban J connectivity index is 2.20. The molecule has 3 aromatic rings. The van der Waals surface area contributed by atoms with Gasteiger partial charge < -0.3 is 4.90 Å². The lowest BCUT2D eigenvalue weighted by Gasteiger charge is -2.24. The highest BCUT2D eigenvalue weighted by Crippen LogP contribution is 2.27. The van der Waals surface area contributed by atoms with Crippen LogP contribution < -0.4 is 10.5 Å². The summed E-state index contributed by atoms with van der Waals surface area (Å²) < 4.78 is 1.65. The molecule has 0 bridgehead atoms. The quantitative estimate of drug-likeness (QED) is 0.736. The molecule has 6 nitrogen and oxygen atoms in total. The zero-order valence-corrected chi connectivity index (χ0v) is 16.3. The predicted molar refractivity (Wildman–Crippen MR) is 107 cm³/mol. The van der Waals surface area contributed by atoms with E-state index in [9.17, 15) is 4.79 Å². The van der Waals surface area contributed by atoms with Crippen molar-refractivity contribution in [3.8, 4) is 11.3 Å². The highest BCUT2D eigenvalue weighted by Gasteiger charge is 2.20. The summed E-state index contributed by atoms with van der Waals surface area (Å²) >= 11 is 0. The van der Waals surface area contributed by atoms with Crippen LogP contribution in [-0.2, 0) is 7.05 Å². The van der Waals surface area contributed by atoms with Crippen LogP contribution in [0.3, 0.4) is 0 Å². The van der Waals surface area contributed by atoms with Gasteiger partial charge in [-0.25, -0.2) is 0 Å². The topological polar surface area (TPSA) is 66.8 Å². The van der Waals surface area contributed by atoms with Crippen LogP contribution in [0.15, 0.2) is 23.0 Å². The number of aryl methyl sites for hydroxylation is 2. The van der Waals surface area contributed by atoms with Crippen LogP contribution in [-0.4, -0.2) is 32.8 Å². The smallest absolute Gasteiger partial charge is 0.266 e. The van der Waals surface area contributed by atoms with Gasteiger partial charge >= 0.3 is 0 Å². The van der Waals surface area contributed by atoms with Gasteiger partial charge in [0.1, 0.15) is 5.39 Å². The highest BCUT2D eigenvalue weighted by molar-refractivity contribution is 5.91. The van der Waals surface area contributed by atoms with Crippen LogP contribution in [0.25, 0.3) is 22.3 Å². The van der Waals surface area contributed by atoms with Crippen LogP contribution in [0.5, 0.6) is 0 Å². The standard InChI is InChI=1S/C20H27N5O/c1-6-10-25(11-7-2)20-21-18-16(19(26)24(20)5)17(22-23-18)15-9-8-13(3)12-14(15)4/h8-9,12H,6-7,10-11H2,1-5H3,(H,22,23). The molecule has 0 saturated heterocycles. The summed E-state index contributed by atoms with van der Waals surface area (Å²) in [7, 11) is 1.79. The Morgan fingerprint density at radius 3 is 2.46 bits per heavy atom. The molecule has 2 heterocycles. The first-order chi connectivity index (χ1) is 12.5. The van der Waals surface area contributed by atoms with E-state index in [2.05, 4.69) is 41.9 Å². The van der Waals surface area contributed by atoms with E-state index in [1.54, 1.807) is 11.6 Å². The molecule has 6 heteroatoms. The summed E-state index contributed by atoms with van der Waals surface area (Å²) in [5.74, 6) is 0.685. The fourth-order valence-corrected chi connectivity index (χ4v) is 3.47. The second kappa shape index (κ2) is 7.32. The molecule has 2 aromatic heterocycles. The van der Waals surface area contributed by atoms with Crippen molar-refractivity contribution >= 4 is 17.0 Å². The van der Waals surface area contributed by atoms with Crippen molar-refractivity contribution in [2.45, 2.75) is 40.5 Å². The minimum absolute atomic E-state index is 0.0640. The number of benzene rings is 1. The minimum Gasteiger partial charge on any atom is -0.342 e. The van der Waals surface area contributed by atoms with Crippen molar-refractivity contribution in [1.82, 2.24) is 19.7 Å². The monoisotopic (exact) mass is 353 g/mol. The average Bonchev–Trinajstić information content (AvgIpc) is 3.02. The van der Waals surface area contributed by atoms with Gasteiger partial charge in [0, 0.05) is 25.7 Å². The number of rotatable bonds is 6. The Morgan fingerprint density at radius 2 is 1.85 bits per heavy atom. The third-order valence-electron chi connectivity index (χ3n) is 4.69. The lowest BCUT2D eigenvalue weighted by atomic mass is 10.0. The molecule has 138 valence electrons. The fraction of sp³-hybridized carbons (Fsp3) is 0.450. The summed E-state index contributed by atoms with van der Waals surface area (Å²) in [4.78, 5) is 20.0. The predicted octanol–water partition coefficient (Wildman–Crippen LogP) is 3.57. The molecular formula is C20H27N5O. The molecule has 0 aliphatic heterocycles. The van der Waals surface area contributed by atoms with Crippen LogP contribution in [0.2, 0.25) is 0 Å². The average molecular weight is 353 g/mol. The molecule has 0 fully saturated rings. The van der Waals surface area contributed by atoms with Gasteiger partial charge in [-0.1, -0.05) is 37.6 Å². The molecule has 0 unspecified atom stereocenters. The maximum atomic E-state index is 13.1. The Labute approximate surface area is 153 Å². The Bertz CT molecular complexity index is 980. The van der Waals surface area contributed by atoms with Gasteiger partial charge in [0.05, 0.1) is 5.69 Å². The van der Waals surface area contributed by atoms with Gasteiger partial charge in [-0.15, -0.1) is 0 Å². The van der Waals surface area contributed by atoms with Gasteiger partial charge in [-0.2, -0.15) is 10.1 Å². The molecule has 0 amide bonds. The number of hydrogen-bond acceptors (Lipinski definition) is 4. The lowest BCUT2D eigenvalue weighted by molar-refractivity contribution is 0.685. The number of aromatic nitrogens is 4. The van der Waals surface area contributed by atoms with Crippen molar-refractivity contribution in [3.63, 3.8) is 0 Å². The van der Waals surface area contributed by atoms with E-state index in [0.29, 0.717) is 17.0 Å². The zero-order chi connectivity index (χ0) is 18.8. The first kappa shape index (κ1) is 18.2. The lowest BCUT2D eigenvalue weighted by Crippen LogP contribution is -2.33. The Morgan fingerprint density at radius 1 is 1.15 bits per heavy atom. The molecule has 0 aliphatic rings. The first-order valence-electron chi connectivity index (χ1n) is 9.25. The maximum Gasteiger partial charge on any atom is 0.266 e. The molecule has 26 heavy (non-hydrogen) atoms. The SMILES string of the molecule is CCCN(CCC)c1nc2n[nH]c(-c3ccc(C)cc3C)c2c(=O)n1C. The van der Waals surface area contributed by atoms with Crippen molar-refractivity contribution in [2.75, 3.05) is 18.0 Å². The van der Waals surface area contributed by atoms with Crippen LogP contribution >= 0.6 is 0 Å². The number of H-pyrrole nitrogens is 1. The normalized spacial score (nSPS) is 11.3. The minimum atomic E-state index is -0.0640. The van der Waals surface area contributed by atoms with Crippen molar-refractivity contribution < 1.29 is 0 Å². The van der Waals surface area contributed by atoms with E-state index in [1.165, 1.54) is 5.56 Å². The van der Waals surface area contributed by atoms with Gasteiger partial charge in [-0.3, -0.25) is 14.5 Å².